The van der Waals surface area contributed by atoms with Gasteiger partial charge >= 0.3 is 85.1 Å². The molecule has 0 nitrogen and oxygen atoms in total. The Labute approximate surface area is 121 Å². The molecular weight excluding hydrogens is 369 g/mol. The zero-order valence-electron chi connectivity index (χ0n) is 8.17. The fourth-order valence-electron chi connectivity index (χ4n) is 1.14. The maximum absolute atomic E-state index is 2.40. The zero-order valence-corrected chi connectivity index (χ0v) is 15.0. The third-order valence-corrected chi connectivity index (χ3v) is 7.63. The molecule has 0 aromatic heterocycles. The fraction of sp³-hybridized carbons (Fsp3) is 0.625. The number of allylic oxidation sites excluding steroid dienone is 2. The van der Waals surface area contributed by atoms with E-state index in [1.165, 1.54) is 0 Å². The summed E-state index contributed by atoms with van der Waals surface area (Å²) in [5.74, 6) is 0. The van der Waals surface area contributed by atoms with Crippen LogP contribution in [0.4, 0.5) is 0 Å². The van der Waals surface area contributed by atoms with Crippen molar-refractivity contribution in [2.24, 2.45) is 0 Å². The first kappa shape index (κ1) is 20.3. The Balaban J connectivity index is -0.000000333. The molecule has 1 rings (SSSR count). The van der Waals surface area contributed by atoms with Gasteiger partial charge < -0.3 is 0 Å². The molecule has 1 heterocycles. The van der Waals surface area contributed by atoms with E-state index in [0.717, 1.165) is 0 Å². The van der Waals surface area contributed by atoms with Crippen LogP contribution in [0.15, 0.2) is 11.1 Å². The molecule has 0 radical (unpaired) electrons. The minimum Gasteiger partial charge on any atom is -0.147 e. The Morgan fingerprint density at radius 2 is 1.46 bits per heavy atom. The van der Waals surface area contributed by atoms with Gasteiger partial charge in [0.1, 0.15) is 0 Å². The van der Waals surface area contributed by atoms with Crippen LogP contribution in [0.5, 0.6) is 0 Å². The van der Waals surface area contributed by atoms with Crippen LogP contribution in [0.3, 0.4) is 0 Å². The third kappa shape index (κ3) is 4.52. The van der Waals surface area contributed by atoms with Crippen molar-refractivity contribution in [3.8, 4) is 0 Å². The second-order valence-corrected chi connectivity index (χ2v) is 11.5. The van der Waals surface area contributed by atoms with E-state index in [1.807, 2.05) is 0 Å². The molecule has 5 heteroatoms. The van der Waals surface area contributed by atoms with Crippen molar-refractivity contribution < 1.29 is 24.7 Å². The van der Waals surface area contributed by atoms with Crippen molar-refractivity contribution in [2.75, 3.05) is 0 Å². The Morgan fingerprint density at radius 3 is 1.54 bits per heavy atom. The van der Waals surface area contributed by atoms with E-state index in [4.69, 9.17) is 0 Å². The first-order valence-corrected chi connectivity index (χ1v) is 6.55. The van der Waals surface area contributed by atoms with Gasteiger partial charge in [0, 0.05) is 0 Å². The Bertz CT molecular complexity index is 234. The monoisotopic (exact) mass is 381 g/mol. The van der Waals surface area contributed by atoms with Crippen molar-refractivity contribution in [3.05, 3.63) is 11.1 Å². The van der Waals surface area contributed by atoms with Crippen LogP contribution in [0.25, 0.3) is 0 Å². The number of hydrogen-bond acceptors (Lipinski definition) is 0. The Kier molecular flexibility index (Phi) is 11.3. The molecule has 1 aliphatic heterocycles. The average Bonchev–Trinajstić information content (AvgIpc) is 1.95. The summed E-state index contributed by atoms with van der Waals surface area (Å²) < 4.78 is 2.31. The van der Waals surface area contributed by atoms with Crippen molar-refractivity contribution in [1.29, 1.82) is 0 Å². The smallest absolute Gasteiger partial charge is 0.147 e. The maximum Gasteiger partial charge on any atom is -0.147 e. The quantitative estimate of drug-likeness (QED) is 0.564. The van der Waals surface area contributed by atoms with E-state index in [-0.39, 0.29) is 37.2 Å². The summed E-state index contributed by atoms with van der Waals surface area (Å²) in [5.41, 5.74) is 3.25. The van der Waals surface area contributed by atoms with Crippen LogP contribution in [0.1, 0.15) is 27.7 Å². The van der Waals surface area contributed by atoms with Crippen LogP contribution in [-0.4, -0.2) is 19.6 Å². The summed E-state index contributed by atoms with van der Waals surface area (Å²) in [4.78, 5) is 0. The average molecular weight is 384 g/mol. The maximum atomic E-state index is 2.40. The molecule has 0 aromatic carbocycles. The van der Waals surface area contributed by atoms with E-state index in [2.05, 4.69) is 27.7 Å². The van der Waals surface area contributed by atoms with Gasteiger partial charge in [-0.2, -0.15) is 0 Å². The summed E-state index contributed by atoms with van der Waals surface area (Å²) in [6.07, 6.45) is 0. The molecule has 13 heavy (non-hydrogen) atoms. The fourth-order valence-corrected chi connectivity index (χ4v) is 6.56. The number of hydrogen-bond donors (Lipinski definition) is 0. The van der Waals surface area contributed by atoms with Crippen LogP contribution >= 0.6 is 37.2 Å². The predicted molar refractivity (Wildman–Crippen MR) is 64.9 cm³/mol. The van der Waals surface area contributed by atoms with Gasteiger partial charge in [0.25, 0.3) is 0 Å². The molecule has 0 amide bonds. The first-order valence-electron chi connectivity index (χ1n) is 3.45. The summed E-state index contributed by atoms with van der Waals surface area (Å²) in [6, 6.07) is 0. The van der Waals surface area contributed by atoms with Crippen LogP contribution in [-0.2, 0) is 24.7 Å². The molecule has 0 spiro atoms. The van der Waals surface area contributed by atoms with E-state index < -0.39 is 0 Å². The number of halogens is 3. The van der Waals surface area contributed by atoms with E-state index >= 15 is 0 Å². The zero-order chi connectivity index (χ0) is 7.94. The summed E-state index contributed by atoms with van der Waals surface area (Å²) >= 11 is 2.17. The second kappa shape index (κ2) is 7.24. The second-order valence-electron chi connectivity index (χ2n) is 3.02. The van der Waals surface area contributed by atoms with Crippen LogP contribution < -0.4 is 0 Å². The van der Waals surface area contributed by atoms with Gasteiger partial charge in [-0.05, 0) is 0 Å². The van der Waals surface area contributed by atoms with Gasteiger partial charge in [-0.15, -0.1) is 37.2 Å². The normalized spacial score (nSPS) is 26.5. The molecule has 0 bridgehead atoms. The minimum atomic E-state index is 0. The van der Waals surface area contributed by atoms with Crippen LogP contribution in [0.2, 0.25) is 1.91 Å². The molecule has 0 aliphatic carbocycles. The summed E-state index contributed by atoms with van der Waals surface area (Å²) in [5, 5.41) is 0. The first-order chi connectivity index (χ1) is 4.45. The predicted octanol–water partition coefficient (Wildman–Crippen LogP) is 3.18. The Hall–Kier alpha value is 1.92. The standard InChI is InChI=1S/C8H12As.3ClH.Zr/c1-5-6(2)8(4)9-7(5)3;;;;/h1-4H3;3*1H;. The van der Waals surface area contributed by atoms with E-state index in [0.29, 0.717) is 17.2 Å². The number of rotatable bonds is 0. The van der Waals surface area contributed by atoms with Crippen molar-refractivity contribution in [1.82, 2.24) is 0 Å². The van der Waals surface area contributed by atoms with Crippen LogP contribution in [0, 0.1) is 0 Å². The molecule has 0 N–H and O–H groups in total. The molecule has 0 saturated carbocycles. The van der Waals surface area contributed by atoms with Gasteiger partial charge in [-0.3, -0.25) is 0 Å². The summed E-state index contributed by atoms with van der Waals surface area (Å²) in [7, 11) is 0. The topological polar surface area (TPSA) is 0 Å². The molecule has 1 atom stereocenters. The molecule has 0 saturated heterocycles. The summed E-state index contributed by atoms with van der Waals surface area (Å²) in [6.45, 7) is 9.28. The van der Waals surface area contributed by atoms with Gasteiger partial charge in [-0.1, -0.05) is 0 Å². The molecular formula is C8H15AsCl3Zr. The molecule has 0 aromatic rings. The van der Waals surface area contributed by atoms with Crippen molar-refractivity contribution in [2.45, 2.75) is 29.6 Å². The van der Waals surface area contributed by atoms with Gasteiger partial charge in [-0.25, -0.2) is 0 Å². The molecule has 1 unspecified atom stereocenters. The molecule has 1 aliphatic rings. The molecule has 0 fully saturated rings. The van der Waals surface area contributed by atoms with Gasteiger partial charge in [0.05, 0.1) is 0 Å². The minimum absolute atomic E-state index is 0. The van der Waals surface area contributed by atoms with Crippen molar-refractivity contribution >= 4 is 56.8 Å². The molecule has 77 valence electrons. The largest absolute Gasteiger partial charge is 0.147 e. The Morgan fingerprint density at radius 1 is 1.08 bits per heavy atom. The third-order valence-electron chi connectivity index (χ3n) is 2.23. The van der Waals surface area contributed by atoms with E-state index in [1.54, 1.807) is 40.2 Å². The SMILES string of the molecule is CC1=[As][C](C)([Zr])C(C)=C1C.Cl.Cl.Cl. The van der Waals surface area contributed by atoms with Gasteiger partial charge in [0.15, 0.2) is 0 Å². The van der Waals surface area contributed by atoms with E-state index in [9.17, 15) is 0 Å². The van der Waals surface area contributed by atoms with Crippen molar-refractivity contribution in [3.63, 3.8) is 0 Å². The van der Waals surface area contributed by atoms with Gasteiger partial charge in [0.2, 0.25) is 0 Å².